The van der Waals surface area contributed by atoms with Gasteiger partial charge >= 0.3 is 25.8 Å². The number of aryl methyl sites for hydroxylation is 3. The zero-order chi connectivity index (χ0) is 14.3. The van der Waals surface area contributed by atoms with Gasteiger partial charge in [-0.2, -0.15) is 0 Å². The molecule has 0 heterocycles. The number of carboxylic acid groups (broad SMARTS) is 1. The minimum Gasteiger partial charge on any atom is -0.478 e. The Kier molecular flexibility index (Phi) is 3.58. The van der Waals surface area contributed by atoms with Crippen LogP contribution in [0, 0.1) is 24.3 Å². The van der Waals surface area contributed by atoms with Crippen LogP contribution in [0.2, 0.25) is 0 Å². The molecule has 0 atom stereocenters. The van der Waals surface area contributed by atoms with Crippen LogP contribution in [0.15, 0.2) is 18.2 Å². The van der Waals surface area contributed by atoms with Crippen molar-refractivity contribution in [2.24, 2.45) is 0 Å². The molecule has 0 spiro atoms. The van der Waals surface area contributed by atoms with Gasteiger partial charge in [0.15, 0.2) is 0 Å². The van der Waals surface area contributed by atoms with Crippen LogP contribution in [0.5, 0.6) is 0 Å². The third-order valence-corrected chi connectivity index (χ3v) is 5.37. The Morgan fingerprint density at radius 1 is 1.05 bits per heavy atom. The first-order chi connectivity index (χ1) is 8.84. The predicted octanol–water partition coefficient (Wildman–Crippen LogP) is 3.83. The molecule has 0 saturated heterocycles. The largest absolute Gasteiger partial charge is 0.478 e. The normalized spacial score (nSPS) is 11.2. The van der Waals surface area contributed by atoms with Gasteiger partial charge in [-0.25, -0.2) is 10.9 Å². The van der Waals surface area contributed by atoms with Crippen LogP contribution in [0.4, 0.5) is 0 Å². The van der Waals surface area contributed by atoms with Crippen molar-refractivity contribution in [1.29, 1.82) is 0 Å². The molecule has 4 nitrogen and oxygen atoms in total. The molecule has 0 aliphatic carbocycles. The molecule has 19 heavy (non-hydrogen) atoms. The third-order valence-electron chi connectivity index (χ3n) is 3.36. The van der Waals surface area contributed by atoms with E-state index in [1.807, 2.05) is 19.9 Å². The van der Waals surface area contributed by atoms with Crippen molar-refractivity contribution in [3.63, 3.8) is 0 Å². The summed E-state index contributed by atoms with van der Waals surface area (Å²) in [6.45, 7) is 5.49. The molecule has 5 heteroatoms. The lowest BCUT2D eigenvalue weighted by Gasteiger charge is -2.11. The van der Waals surface area contributed by atoms with Crippen molar-refractivity contribution in [3.05, 3.63) is 44.0 Å². The highest BCUT2D eigenvalue weighted by Gasteiger charge is 2.21. The van der Waals surface area contributed by atoms with Crippen molar-refractivity contribution in [1.82, 2.24) is 0 Å². The SMILES string of the molecule is Cc1cc2c(C)c(C)ccc2c(I(=O)=O)c1C(=O)O. The smallest absolute Gasteiger partial charge is 0.342 e. The Balaban J connectivity index is 3.10. The van der Waals surface area contributed by atoms with E-state index >= 15 is 0 Å². The zero-order valence-electron chi connectivity index (χ0n) is 10.8. The fourth-order valence-corrected chi connectivity index (χ4v) is 4.28. The van der Waals surface area contributed by atoms with Crippen molar-refractivity contribution in [2.45, 2.75) is 20.8 Å². The van der Waals surface area contributed by atoms with Crippen LogP contribution in [0.25, 0.3) is 10.8 Å². The lowest BCUT2D eigenvalue weighted by molar-refractivity contribution is 0.0695. The fourth-order valence-electron chi connectivity index (χ4n) is 2.23. The number of aromatic carboxylic acids is 1. The average molecular weight is 372 g/mol. The minimum atomic E-state index is -3.90. The quantitative estimate of drug-likeness (QED) is 0.814. The molecule has 0 fully saturated rings. The number of carboxylic acids is 1. The van der Waals surface area contributed by atoms with Crippen LogP contribution in [0.1, 0.15) is 27.0 Å². The summed E-state index contributed by atoms with van der Waals surface area (Å²) >= 11 is -3.90. The van der Waals surface area contributed by atoms with Gasteiger partial charge in [0.1, 0.15) is 0 Å². The molecule has 100 valence electrons. The Labute approximate surface area is 117 Å². The summed E-state index contributed by atoms with van der Waals surface area (Å²) in [6, 6.07) is 5.27. The molecule has 2 aromatic rings. The molecule has 2 aromatic carbocycles. The maximum Gasteiger partial charge on any atom is 0.342 e. The molecule has 1 N–H and O–H groups in total. The highest BCUT2D eigenvalue weighted by Crippen LogP contribution is 2.34. The maximum absolute atomic E-state index is 11.6. The second-order valence-electron chi connectivity index (χ2n) is 4.51. The molecule has 0 saturated carbocycles. The molecular weight excluding hydrogens is 359 g/mol. The monoisotopic (exact) mass is 372 g/mol. The van der Waals surface area contributed by atoms with E-state index in [4.69, 9.17) is 0 Å². The van der Waals surface area contributed by atoms with Crippen LogP contribution < -0.4 is 0 Å². The number of halogens is 1. The third kappa shape index (κ3) is 2.22. The number of hydrogen-bond acceptors (Lipinski definition) is 3. The van der Waals surface area contributed by atoms with Crippen molar-refractivity contribution < 1.29 is 16.0 Å². The summed E-state index contributed by atoms with van der Waals surface area (Å²) in [4.78, 5) is 11.3. The van der Waals surface area contributed by atoms with Gasteiger partial charge in [-0.3, -0.25) is 0 Å². The van der Waals surface area contributed by atoms with Gasteiger partial charge in [0, 0.05) is 5.39 Å². The minimum absolute atomic E-state index is 0.00481. The van der Waals surface area contributed by atoms with Crippen LogP contribution in [-0.2, 0) is 6.14 Å². The molecule has 0 aliphatic heterocycles. The zero-order valence-corrected chi connectivity index (χ0v) is 12.9. The number of rotatable bonds is 2. The molecule has 0 aromatic heterocycles. The van der Waals surface area contributed by atoms with Crippen LogP contribution >= 0.6 is 19.8 Å². The summed E-state index contributed by atoms with van der Waals surface area (Å²) in [7, 11) is 0. The first-order valence-corrected chi connectivity index (χ1v) is 8.50. The van der Waals surface area contributed by atoms with Gasteiger partial charge in [0.05, 0.1) is 9.13 Å². The summed E-state index contributed by atoms with van der Waals surface area (Å²) in [5.74, 6) is -1.19. The van der Waals surface area contributed by atoms with E-state index in [0.717, 1.165) is 16.5 Å². The summed E-state index contributed by atoms with van der Waals surface area (Å²) in [5.41, 5.74) is 2.43. The fraction of sp³-hybridized carbons (Fsp3) is 0.214. The van der Waals surface area contributed by atoms with Gasteiger partial charge in [0.2, 0.25) is 0 Å². The number of benzene rings is 2. The van der Waals surface area contributed by atoms with Gasteiger partial charge in [0.25, 0.3) is 0 Å². The summed E-state index contributed by atoms with van der Waals surface area (Å²) < 4.78 is 23.1. The second kappa shape index (κ2) is 4.88. The molecule has 0 amide bonds. The Hall–Kier alpha value is -1.50. The van der Waals surface area contributed by atoms with E-state index in [-0.39, 0.29) is 9.13 Å². The van der Waals surface area contributed by atoms with E-state index in [1.165, 1.54) is 0 Å². The summed E-state index contributed by atoms with van der Waals surface area (Å²) in [6.07, 6.45) is 0. The Morgan fingerprint density at radius 2 is 1.68 bits per heavy atom. The van der Waals surface area contributed by atoms with Crippen LogP contribution in [-0.4, -0.2) is 11.1 Å². The molecule has 0 unspecified atom stereocenters. The van der Waals surface area contributed by atoms with Crippen molar-refractivity contribution in [3.8, 4) is 0 Å². The highest BCUT2D eigenvalue weighted by atomic mass is 127. The van der Waals surface area contributed by atoms with Gasteiger partial charge in [-0.15, -0.1) is 0 Å². The van der Waals surface area contributed by atoms with E-state index in [2.05, 4.69) is 0 Å². The van der Waals surface area contributed by atoms with Crippen molar-refractivity contribution in [2.75, 3.05) is 0 Å². The first kappa shape index (κ1) is 13.9. The first-order valence-electron chi connectivity index (χ1n) is 5.66. The summed E-state index contributed by atoms with van der Waals surface area (Å²) in [5, 5.41) is 10.6. The standard InChI is InChI=1S/C14H13IO4/c1-7-4-5-10-11(9(7)3)6-8(2)12(14(16)17)13(10)15(18)19/h4-6H,1-3H3,(H,16,17). The van der Waals surface area contributed by atoms with Crippen LogP contribution in [0.3, 0.4) is 0 Å². The topological polar surface area (TPSA) is 71.4 Å². The predicted molar refractivity (Wildman–Crippen MR) is 79.2 cm³/mol. The van der Waals surface area contributed by atoms with E-state index in [1.54, 1.807) is 19.1 Å². The lowest BCUT2D eigenvalue weighted by Crippen LogP contribution is -2.05. The Bertz CT molecular complexity index is 765. The highest BCUT2D eigenvalue weighted by molar-refractivity contribution is 14.2. The van der Waals surface area contributed by atoms with Crippen molar-refractivity contribution >= 4 is 36.5 Å². The van der Waals surface area contributed by atoms with Gasteiger partial charge in [-0.1, -0.05) is 18.2 Å². The number of fused-ring (bicyclic) bond motifs is 1. The molecule has 2 rings (SSSR count). The van der Waals surface area contributed by atoms with E-state index < -0.39 is 25.8 Å². The van der Waals surface area contributed by atoms with Gasteiger partial charge in [-0.05, 0) is 42.8 Å². The van der Waals surface area contributed by atoms with E-state index in [9.17, 15) is 16.0 Å². The Morgan fingerprint density at radius 3 is 2.21 bits per heavy atom. The molecule has 0 aliphatic rings. The maximum atomic E-state index is 11.6. The number of carbonyl (C=O) groups is 1. The second-order valence-corrected chi connectivity index (χ2v) is 6.83. The van der Waals surface area contributed by atoms with Gasteiger partial charge < -0.3 is 5.11 Å². The lowest BCUT2D eigenvalue weighted by atomic mass is 9.96. The molecule has 0 bridgehead atoms. The molecular formula is C14H13IO4. The average Bonchev–Trinajstić information content (AvgIpc) is 2.32. The number of hydrogen-bond donors (Lipinski definition) is 1. The molecule has 0 radical (unpaired) electrons. The van der Waals surface area contributed by atoms with E-state index in [0.29, 0.717) is 10.9 Å².